The van der Waals surface area contributed by atoms with Crippen LogP contribution in [0.4, 0.5) is 5.69 Å². The van der Waals surface area contributed by atoms with Gasteiger partial charge in [0.1, 0.15) is 5.75 Å². The monoisotopic (exact) mass is 273 g/mol. The summed E-state index contributed by atoms with van der Waals surface area (Å²) in [5.74, 6) is 0.356. The summed E-state index contributed by atoms with van der Waals surface area (Å²) in [6.45, 7) is 2.17. The smallest absolute Gasteiger partial charge is 0.283 e. The van der Waals surface area contributed by atoms with E-state index in [0.29, 0.717) is 23.1 Å². The van der Waals surface area contributed by atoms with E-state index in [2.05, 4.69) is 15.9 Å². The van der Waals surface area contributed by atoms with Crippen LogP contribution in [0, 0.1) is 10.1 Å². The van der Waals surface area contributed by atoms with Crippen molar-refractivity contribution in [3.05, 3.63) is 32.3 Å². The van der Waals surface area contributed by atoms with E-state index in [4.69, 9.17) is 4.74 Å². The molecule has 5 nitrogen and oxygen atoms in total. The Bertz CT molecular complexity index is 405. The van der Waals surface area contributed by atoms with Gasteiger partial charge in [0.2, 0.25) is 0 Å². The van der Waals surface area contributed by atoms with E-state index in [9.17, 15) is 14.9 Å². The van der Waals surface area contributed by atoms with Crippen LogP contribution in [0.3, 0.4) is 0 Å². The zero-order valence-corrected chi connectivity index (χ0v) is 9.48. The van der Waals surface area contributed by atoms with Crippen LogP contribution in [0.5, 0.6) is 5.75 Å². The summed E-state index contributed by atoms with van der Waals surface area (Å²) in [6, 6.07) is 2.60. The van der Waals surface area contributed by atoms with Crippen LogP contribution in [-0.2, 0) is 0 Å². The van der Waals surface area contributed by atoms with E-state index < -0.39 is 4.92 Å². The first kappa shape index (κ1) is 11.6. The molecule has 0 bridgehead atoms. The Morgan fingerprint density at radius 3 is 2.73 bits per heavy atom. The first-order valence-corrected chi connectivity index (χ1v) is 4.95. The topological polar surface area (TPSA) is 69.4 Å². The molecule has 1 aromatic rings. The molecule has 1 rings (SSSR count). The SMILES string of the molecule is CCOc1cc([N+](=O)[O-])c(C=O)cc1Br. The highest BCUT2D eigenvalue weighted by Crippen LogP contribution is 2.32. The van der Waals surface area contributed by atoms with Gasteiger partial charge >= 0.3 is 0 Å². The highest BCUT2D eigenvalue weighted by atomic mass is 79.9. The second kappa shape index (κ2) is 4.88. The van der Waals surface area contributed by atoms with Gasteiger partial charge in [0, 0.05) is 0 Å². The van der Waals surface area contributed by atoms with Crippen molar-refractivity contribution in [2.45, 2.75) is 6.92 Å². The molecule has 0 unspecified atom stereocenters. The molecule has 0 amide bonds. The largest absolute Gasteiger partial charge is 0.492 e. The van der Waals surface area contributed by atoms with E-state index in [1.807, 2.05) is 0 Å². The molecule has 0 aliphatic heterocycles. The van der Waals surface area contributed by atoms with Gasteiger partial charge < -0.3 is 4.74 Å². The van der Waals surface area contributed by atoms with Gasteiger partial charge in [-0.2, -0.15) is 0 Å². The molecule has 0 aliphatic carbocycles. The minimum absolute atomic E-state index is 0.0235. The molecular weight excluding hydrogens is 266 g/mol. The number of ether oxygens (including phenoxy) is 1. The number of carbonyl (C=O) groups excluding carboxylic acids is 1. The fourth-order valence-corrected chi connectivity index (χ4v) is 1.55. The number of hydrogen-bond donors (Lipinski definition) is 0. The van der Waals surface area contributed by atoms with Crippen LogP contribution in [-0.4, -0.2) is 17.8 Å². The number of halogens is 1. The maximum atomic E-state index is 10.6. The van der Waals surface area contributed by atoms with Crippen molar-refractivity contribution in [3.8, 4) is 5.75 Å². The lowest BCUT2D eigenvalue weighted by Gasteiger charge is -2.06. The summed E-state index contributed by atoms with van der Waals surface area (Å²) in [7, 11) is 0. The highest BCUT2D eigenvalue weighted by molar-refractivity contribution is 9.10. The van der Waals surface area contributed by atoms with E-state index in [-0.39, 0.29) is 11.3 Å². The van der Waals surface area contributed by atoms with Crippen LogP contribution in [0.2, 0.25) is 0 Å². The zero-order valence-electron chi connectivity index (χ0n) is 7.90. The van der Waals surface area contributed by atoms with Gasteiger partial charge in [0.25, 0.3) is 5.69 Å². The Labute approximate surface area is 94.3 Å². The molecule has 15 heavy (non-hydrogen) atoms. The molecule has 0 fully saturated rings. The molecule has 0 atom stereocenters. The van der Waals surface area contributed by atoms with Crippen molar-refractivity contribution in [2.24, 2.45) is 0 Å². The Morgan fingerprint density at radius 2 is 2.27 bits per heavy atom. The van der Waals surface area contributed by atoms with Crippen LogP contribution in [0.1, 0.15) is 17.3 Å². The van der Waals surface area contributed by atoms with Gasteiger partial charge in [0.15, 0.2) is 6.29 Å². The molecule has 6 heteroatoms. The number of hydrogen-bond acceptors (Lipinski definition) is 4. The first-order chi connectivity index (χ1) is 7.10. The van der Waals surface area contributed by atoms with Crippen molar-refractivity contribution in [2.75, 3.05) is 6.61 Å². The minimum Gasteiger partial charge on any atom is -0.492 e. The number of nitro benzene ring substituents is 1. The van der Waals surface area contributed by atoms with Gasteiger partial charge in [-0.05, 0) is 28.9 Å². The predicted octanol–water partition coefficient (Wildman–Crippen LogP) is 2.57. The lowest BCUT2D eigenvalue weighted by atomic mass is 10.2. The zero-order chi connectivity index (χ0) is 11.4. The number of rotatable bonds is 4. The normalized spacial score (nSPS) is 9.73. The third-order valence-electron chi connectivity index (χ3n) is 1.70. The summed E-state index contributed by atoms with van der Waals surface area (Å²) in [5, 5.41) is 10.6. The summed E-state index contributed by atoms with van der Waals surface area (Å²) in [6.07, 6.45) is 0.443. The van der Waals surface area contributed by atoms with Crippen molar-refractivity contribution in [1.82, 2.24) is 0 Å². The van der Waals surface area contributed by atoms with Crippen LogP contribution < -0.4 is 4.74 Å². The number of aldehydes is 1. The molecule has 0 aromatic heterocycles. The third-order valence-corrected chi connectivity index (χ3v) is 2.32. The Hall–Kier alpha value is -1.43. The Kier molecular flexibility index (Phi) is 3.79. The fourth-order valence-electron chi connectivity index (χ4n) is 1.08. The van der Waals surface area contributed by atoms with Crippen LogP contribution in [0.25, 0.3) is 0 Å². The van der Waals surface area contributed by atoms with Gasteiger partial charge in [-0.15, -0.1) is 0 Å². The van der Waals surface area contributed by atoms with Crippen molar-refractivity contribution >= 4 is 27.9 Å². The lowest BCUT2D eigenvalue weighted by Crippen LogP contribution is -1.98. The molecule has 0 N–H and O–H groups in total. The number of nitrogens with zero attached hydrogens (tertiary/aromatic N) is 1. The summed E-state index contributed by atoms with van der Waals surface area (Å²) < 4.78 is 5.68. The van der Waals surface area contributed by atoms with Crippen molar-refractivity contribution < 1.29 is 14.5 Å². The standard InChI is InChI=1S/C9H8BrNO4/c1-2-15-9-4-8(11(13)14)6(5-12)3-7(9)10/h3-5H,2H2,1H3. The van der Waals surface area contributed by atoms with E-state index in [1.54, 1.807) is 6.92 Å². The average molecular weight is 274 g/mol. The average Bonchev–Trinajstić information content (AvgIpc) is 2.20. The number of benzene rings is 1. The number of nitro groups is 1. The molecule has 80 valence electrons. The van der Waals surface area contributed by atoms with E-state index >= 15 is 0 Å². The summed E-state index contributed by atoms with van der Waals surface area (Å²) in [4.78, 5) is 20.6. The van der Waals surface area contributed by atoms with Gasteiger partial charge in [-0.25, -0.2) is 0 Å². The fraction of sp³-hybridized carbons (Fsp3) is 0.222. The highest BCUT2D eigenvalue weighted by Gasteiger charge is 2.17. The first-order valence-electron chi connectivity index (χ1n) is 4.16. The van der Waals surface area contributed by atoms with E-state index in [1.165, 1.54) is 12.1 Å². The lowest BCUT2D eigenvalue weighted by molar-refractivity contribution is -0.385. The van der Waals surface area contributed by atoms with Gasteiger partial charge in [-0.1, -0.05) is 0 Å². The third kappa shape index (κ3) is 2.53. The van der Waals surface area contributed by atoms with Crippen molar-refractivity contribution in [1.29, 1.82) is 0 Å². The van der Waals surface area contributed by atoms with Gasteiger partial charge in [-0.3, -0.25) is 14.9 Å². The van der Waals surface area contributed by atoms with E-state index in [0.717, 1.165) is 0 Å². The quantitative estimate of drug-likeness (QED) is 0.480. The molecule has 0 heterocycles. The summed E-state index contributed by atoms with van der Waals surface area (Å²) in [5.41, 5.74) is -0.230. The predicted molar refractivity (Wildman–Crippen MR) is 57.4 cm³/mol. The molecule has 0 saturated carbocycles. The van der Waals surface area contributed by atoms with Gasteiger partial charge in [0.05, 0.1) is 27.6 Å². The molecular formula is C9H8BrNO4. The molecule has 1 aromatic carbocycles. The molecule has 0 radical (unpaired) electrons. The van der Waals surface area contributed by atoms with Crippen LogP contribution in [0.15, 0.2) is 16.6 Å². The molecule has 0 aliphatic rings. The minimum atomic E-state index is -0.612. The second-order valence-corrected chi connectivity index (χ2v) is 3.50. The summed E-state index contributed by atoms with van der Waals surface area (Å²) >= 11 is 3.17. The Balaban J connectivity index is 3.29. The maximum Gasteiger partial charge on any atom is 0.283 e. The van der Waals surface area contributed by atoms with Crippen LogP contribution >= 0.6 is 15.9 Å². The second-order valence-electron chi connectivity index (χ2n) is 2.65. The molecule has 0 saturated heterocycles. The number of carbonyl (C=O) groups is 1. The van der Waals surface area contributed by atoms with Crippen molar-refractivity contribution in [3.63, 3.8) is 0 Å². The Morgan fingerprint density at radius 1 is 1.60 bits per heavy atom. The maximum absolute atomic E-state index is 10.6. The molecule has 0 spiro atoms.